The molecule has 0 radical (unpaired) electrons. The molecule has 0 aromatic carbocycles. The third kappa shape index (κ3) is 1.70. The van der Waals surface area contributed by atoms with E-state index in [9.17, 15) is 0 Å². The summed E-state index contributed by atoms with van der Waals surface area (Å²) in [5.74, 6) is 0.0393. The molecule has 62 valence electrons. The molecule has 1 fully saturated rings. The highest BCUT2D eigenvalue weighted by molar-refractivity contribution is 4.99. The van der Waals surface area contributed by atoms with E-state index in [1.54, 1.807) is 0 Å². The minimum absolute atomic E-state index is 0.0393. The molecule has 0 amide bonds. The molecule has 0 unspecified atom stereocenters. The van der Waals surface area contributed by atoms with Gasteiger partial charge in [0.2, 0.25) is 0 Å². The van der Waals surface area contributed by atoms with E-state index in [1.807, 2.05) is 0 Å². The molecule has 0 aromatic rings. The van der Waals surface area contributed by atoms with E-state index in [4.69, 9.17) is 11.0 Å². The van der Waals surface area contributed by atoms with Gasteiger partial charge < -0.3 is 5.73 Å². The lowest BCUT2D eigenvalue weighted by atomic mass is 10.1. The molecule has 1 heterocycles. The highest BCUT2D eigenvalue weighted by atomic mass is 15.2. The van der Waals surface area contributed by atoms with Crippen LogP contribution in [0.3, 0.4) is 0 Å². The lowest BCUT2D eigenvalue weighted by Gasteiger charge is -2.18. The van der Waals surface area contributed by atoms with Crippen molar-refractivity contribution < 1.29 is 0 Å². The second-order valence-corrected chi connectivity index (χ2v) is 3.45. The second kappa shape index (κ2) is 3.21. The summed E-state index contributed by atoms with van der Waals surface area (Å²) in [6.07, 6.45) is 0. The Morgan fingerprint density at radius 2 is 2.18 bits per heavy atom. The largest absolute Gasteiger partial charge is 0.325 e. The fraction of sp³-hybridized carbons (Fsp3) is 0.875. The van der Waals surface area contributed by atoms with Crippen molar-refractivity contribution in [1.29, 1.82) is 5.26 Å². The summed E-state index contributed by atoms with van der Waals surface area (Å²) in [6.45, 7) is 5.98. The number of rotatable bonds is 1. The summed E-state index contributed by atoms with van der Waals surface area (Å²) >= 11 is 0. The number of nitrogens with zero attached hydrogens (tertiary/aromatic N) is 2. The van der Waals surface area contributed by atoms with Crippen molar-refractivity contribution in [2.75, 3.05) is 13.1 Å². The molecular weight excluding hydrogens is 138 g/mol. The molecule has 3 heteroatoms. The first-order valence-corrected chi connectivity index (χ1v) is 4.04. The molecule has 1 aliphatic heterocycles. The van der Waals surface area contributed by atoms with Gasteiger partial charge >= 0.3 is 0 Å². The average molecular weight is 153 g/mol. The molecule has 0 bridgehead atoms. The molecule has 11 heavy (non-hydrogen) atoms. The van der Waals surface area contributed by atoms with Crippen LogP contribution < -0.4 is 5.73 Å². The van der Waals surface area contributed by atoms with Gasteiger partial charge in [0.1, 0.15) is 0 Å². The lowest BCUT2D eigenvalue weighted by Crippen LogP contribution is -2.32. The van der Waals surface area contributed by atoms with E-state index in [0.717, 1.165) is 13.1 Å². The molecular formula is C8H15N3. The lowest BCUT2D eigenvalue weighted by molar-refractivity contribution is 0.269. The Hall–Kier alpha value is -0.590. The van der Waals surface area contributed by atoms with Crippen molar-refractivity contribution in [3.05, 3.63) is 0 Å². The number of nitriles is 1. The van der Waals surface area contributed by atoms with Crippen LogP contribution in [0, 0.1) is 17.2 Å². The third-order valence-electron chi connectivity index (χ3n) is 2.29. The van der Waals surface area contributed by atoms with Crippen molar-refractivity contribution in [2.45, 2.75) is 25.9 Å². The molecule has 1 rings (SSSR count). The fourth-order valence-electron chi connectivity index (χ4n) is 1.42. The van der Waals surface area contributed by atoms with Gasteiger partial charge in [-0.2, -0.15) is 5.26 Å². The predicted molar refractivity (Wildman–Crippen MR) is 43.8 cm³/mol. The standard InChI is InChI=1S/C8H15N3/c1-6(2)11-4-7(3-9)8(10)5-11/h6-8H,4-5,10H2,1-2H3/t7-,8-/m1/s1. The Labute approximate surface area is 67.8 Å². The van der Waals surface area contributed by atoms with Crippen molar-refractivity contribution in [3.8, 4) is 6.07 Å². The number of hydrogen-bond donors (Lipinski definition) is 1. The topological polar surface area (TPSA) is 53.0 Å². The van der Waals surface area contributed by atoms with E-state index < -0.39 is 0 Å². The Morgan fingerprint density at radius 3 is 2.45 bits per heavy atom. The average Bonchev–Trinajstić information content (AvgIpc) is 2.31. The summed E-state index contributed by atoms with van der Waals surface area (Å²) in [4.78, 5) is 2.25. The van der Waals surface area contributed by atoms with Gasteiger partial charge in [-0.15, -0.1) is 0 Å². The van der Waals surface area contributed by atoms with Gasteiger partial charge in [0.15, 0.2) is 0 Å². The van der Waals surface area contributed by atoms with Gasteiger partial charge in [-0.3, -0.25) is 4.90 Å². The number of nitrogens with two attached hydrogens (primary N) is 1. The predicted octanol–water partition coefficient (Wildman–Crippen LogP) is 0.177. The second-order valence-electron chi connectivity index (χ2n) is 3.45. The van der Waals surface area contributed by atoms with Crippen LogP contribution in [-0.2, 0) is 0 Å². The molecule has 2 N–H and O–H groups in total. The van der Waals surface area contributed by atoms with Crippen LogP contribution in [0.1, 0.15) is 13.8 Å². The van der Waals surface area contributed by atoms with Crippen LogP contribution in [0.5, 0.6) is 0 Å². The first-order valence-electron chi connectivity index (χ1n) is 4.04. The quantitative estimate of drug-likeness (QED) is 0.584. The molecule has 0 aliphatic carbocycles. The Morgan fingerprint density at radius 1 is 1.55 bits per heavy atom. The summed E-state index contributed by atoms with van der Waals surface area (Å²) < 4.78 is 0. The van der Waals surface area contributed by atoms with Crippen LogP contribution in [-0.4, -0.2) is 30.1 Å². The Bertz CT molecular complexity index is 171. The molecule has 1 saturated heterocycles. The van der Waals surface area contributed by atoms with E-state index in [-0.39, 0.29) is 12.0 Å². The van der Waals surface area contributed by atoms with E-state index in [2.05, 4.69) is 24.8 Å². The van der Waals surface area contributed by atoms with Gasteiger partial charge in [-0.25, -0.2) is 0 Å². The maximum absolute atomic E-state index is 8.68. The molecule has 3 nitrogen and oxygen atoms in total. The minimum atomic E-state index is 0.0393. The van der Waals surface area contributed by atoms with E-state index in [1.165, 1.54) is 0 Å². The van der Waals surface area contributed by atoms with Gasteiger partial charge in [0.25, 0.3) is 0 Å². The summed E-state index contributed by atoms with van der Waals surface area (Å²) in [5.41, 5.74) is 5.75. The zero-order valence-electron chi connectivity index (χ0n) is 7.12. The molecule has 2 atom stereocenters. The zero-order valence-corrected chi connectivity index (χ0v) is 7.12. The van der Waals surface area contributed by atoms with Crippen LogP contribution in [0.25, 0.3) is 0 Å². The highest BCUT2D eigenvalue weighted by Gasteiger charge is 2.30. The van der Waals surface area contributed by atoms with Crippen LogP contribution >= 0.6 is 0 Å². The van der Waals surface area contributed by atoms with E-state index in [0.29, 0.717) is 6.04 Å². The Balaban J connectivity index is 2.51. The number of likely N-dealkylation sites (tertiary alicyclic amines) is 1. The van der Waals surface area contributed by atoms with Gasteiger partial charge in [-0.05, 0) is 13.8 Å². The van der Waals surface area contributed by atoms with Crippen molar-refractivity contribution in [2.24, 2.45) is 11.7 Å². The Kier molecular flexibility index (Phi) is 2.48. The molecule has 0 saturated carbocycles. The molecule has 0 aromatic heterocycles. The van der Waals surface area contributed by atoms with Crippen LogP contribution in [0.15, 0.2) is 0 Å². The summed E-state index contributed by atoms with van der Waals surface area (Å²) in [6, 6.07) is 2.80. The van der Waals surface area contributed by atoms with Gasteiger partial charge in [0, 0.05) is 25.2 Å². The zero-order chi connectivity index (χ0) is 8.43. The summed E-state index contributed by atoms with van der Waals surface area (Å²) in [5, 5.41) is 8.68. The van der Waals surface area contributed by atoms with Crippen LogP contribution in [0.4, 0.5) is 0 Å². The maximum atomic E-state index is 8.68. The maximum Gasteiger partial charge on any atom is 0.0753 e. The third-order valence-corrected chi connectivity index (χ3v) is 2.29. The van der Waals surface area contributed by atoms with Crippen molar-refractivity contribution >= 4 is 0 Å². The van der Waals surface area contributed by atoms with Gasteiger partial charge in [0.05, 0.1) is 12.0 Å². The first-order chi connectivity index (χ1) is 5.15. The molecule has 1 aliphatic rings. The van der Waals surface area contributed by atoms with Crippen LogP contribution in [0.2, 0.25) is 0 Å². The number of hydrogen-bond acceptors (Lipinski definition) is 3. The monoisotopic (exact) mass is 153 g/mol. The molecule has 0 spiro atoms. The van der Waals surface area contributed by atoms with Crippen molar-refractivity contribution in [3.63, 3.8) is 0 Å². The highest BCUT2D eigenvalue weighted by Crippen LogP contribution is 2.16. The SMILES string of the molecule is CC(C)N1C[C@@H](N)[C@H](C#N)C1. The van der Waals surface area contributed by atoms with Gasteiger partial charge in [-0.1, -0.05) is 0 Å². The fourth-order valence-corrected chi connectivity index (χ4v) is 1.42. The summed E-state index contributed by atoms with van der Waals surface area (Å²) in [7, 11) is 0. The normalized spacial score (nSPS) is 32.6. The first kappa shape index (κ1) is 8.51. The minimum Gasteiger partial charge on any atom is -0.325 e. The van der Waals surface area contributed by atoms with Crippen molar-refractivity contribution in [1.82, 2.24) is 4.90 Å². The van der Waals surface area contributed by atoms with E-state index >= 15 is 0 Å². The smallest absolute Gasteiger partial charge is 0.0753 e.